The van der Waals surface area contributed by atoms with Gasteiger partial charge in [-0.3, -0.25) is 4.79 Å². The van der Waals surface area contributed by atoms with Crippen molar-refractivity contribution in [1.29, 1.82) is 0 Å². The number of carbonyl (C=O) groups is 1. The van der Waals surface area contributed by atoms with Crippen LogP contribution >= 0.6 is 22.9 Å². The number of thiazole rings is 1. The fourth-order valence-corrected chi connectivity index (χ4v) is 2.27. The smallest absolute Gasteiger partial charge is 0.248 e. The van der Waals surface area contributed by atoms with Crippen molar-refractivity contribution in [2.24, 2.45) is 5.73 Å². The molecular formula is C12H11ClN2O2S. The van der Waals surface area contributed by atoms with E-state index < -0.39 is 5.91 Å². The standard InChI is InChI=1S/C12H11ClN2O2S/c13-5-9-7-18-11(15-9)6-17-10-3-1-8(2-4-10)12(14)16/h1-4,7H,5-6H2,(H2,14,16). The first-order valence-electron chi connectivity index (χ1n) is 5.21. The highest BCUT2D eigenvalue weighted by atomic mass is 35.5. The van der Waals surface area contributed by atoms with Gasteiger partial charge in [-0.1, -0.05) is 0 Å². The first-order valence-corrected chi connectivity index (χ1v) is 6.62. The Balaban J connectivity index is 1.95. The summed E-state index contributed by atoms with van der Waals surface area (Å²) in [6.07, 6.45) is 0. The van der Waals surface area contributed by atoms with Crippen LogP contribution < -0.4 is 10.5 Å². The second-order valence-corrected chi connectivity index (χ2v) is 4.75. The molecule has 6 heteroatoms. The number of alkyl halides is 1. The van der Waals surface area contributed by atoms with Crippen molar-refractivity contribution in [2.75, 3.05) is 0 Å². The highest BCUT2D eigenvalue weighted by Gasteiger charge is 2.03. The van der Waals surface area contributed by atoms with Gasteiger partial charge in [0, 0.05) is 10.9 Å². The van der Waals surface area contributed by atoms with Gasteiger partial charge in [-0.2, -0.15) is 0 Å². The predicted molar refractivity (Wildman–Crippen MR) is 71.0 cm³/mol. The van der Waals surface area contributed by atoms with Crippen LogP contribution in [0.15, 0.2) is 29.6 Å². The maximum Gasteiger partial charge on any atom is 0.248 e. The minimum Gasteiger partial charge on any atom is -0.486 e. The summed E-state index contributed by atoms with van der Waals surface area (Å²) in [5.74, 6) is 0.625. The number of primary amides is 1. The second-order valence-electron chi connectivity index (χ2n) is 3.54. The summed E-state index contributed by atoms with van der Waals surface area (Å²) in [5, 5.41) is 2.77. The fraction of sp³-hybridized carbons (Fsp3) is 0.167. The quantitative estimate of drug-likeness (QED) is 0.857. The topological polar surface area (TPSA) is 65.2 Å². The zero-order valence-corrected chi connectivity index (χ0v) is 11.0. The number of benzene rings is 1. The molecule has 0 aliphatic heterocycles. The van der Waals surface area contributed by atoms with Crippen molar-refractivity contribution in [2.45, 2.75) is 12.5 Å². The minimum absolute atomic E-state index is 0.386. The van der Waals surface area contributed by atoms with Crippen LogP contribution in [-0.4, -0.2) is 10.9 Å². The molecule has 0 atom stereocenters. The van der Waals surface area contributed by atoms with E-state index in [0.29, 0.717) is 23.8 Å². The molecule has 1 amide bonds. The first kappa shape index (κ1) is 12.9. The Morgan fingerprint density at radius 3 is 2.67 bits per heavy atom. The van der Waals surface area contributed by atoms with Crippen molar-refractivity contribution in [3.8, 4) is 5.75 Å². The number of ether oxygens (including phenoxy) is 1. The summed E-state index contributed by atoms with van der Waals surface area (Å²) in [6.45, 7) is 0.386. The van der Waals surface area contributed by atoms with Crippen LogP contribution in [0.4, 0.5) is 0 Å². The minimum atomic E-state index is -0.451. The largest absolute Gasteiger partial charge is 0.486 e. The summed E-state index contributed by atoms with van der Waals surface area (Å²) in [7, 11) is 0. The molecule has 94 valence electrons. The molecule has 2 N–H and O–H groups in total. The van der Waals surface area contributed by atoms with E-state index in [4.69, 9.17) is 22.1 Å². The predicted octanol–water partition coefficient (Wildman–Crippen LogP) is 2.56. The van der Waals surface area contributed by atoms with Gasteiger partial charge < -0.3 is 10.5 Å². The van der Waals surface area contributed by atoms with Gasteiger partial charge in [0.05, 0.1) is 11.6 Å². The fourth-order valence-electron chi connectivity index (χ4n) is 1.34. The SMILES string of the molecule is NC(=O)c1ccc(OCc2nc(CCl)cs2)cc1. The molecule has 0 spiro atoms. The zero-order valence-electron chi connectivity index (χ0n) is 9.43. The normalized spacial score (nSPS) is 10.3. The number of hydrogen-bond acceptors (Lipinski definition) is 4. The Morgan fingerprint density at radius 1 is 1.39 bits per heavy atom. The van der Waals surface area contributed by atoms with Crippen LogP contribution in [-0.2, 0) is 12.5 Å². The third kappa shape index (κ3) is 3.21. The number of halogens is 1. The van der Waals surface area contributed by atoms with E-state index in [-0.39, 0.29) is 0 Å². The second kappa shape index (κ2) is 5.84. The van der Waals surface area contributed by atoms with Gasteiger partial charge >= 0.3 is 0 Å². The number of carbonyl (C=O) groups excluding carboxylic acids is 1. The van der Waals surface area contributed by atoms with Crippen LogP contribution in [0.3, 0.4) is 0 Å². The Morgan fingerprint density at radius 2 is 2.11 bits per heavy atom. The van der Waals surface area contributed by atoms with Gasteiger partial charge in [0.1, 0.15) is 17.4 Å². The van der Waals surface area contributed by atoms with Crippen molar-refractivity contribution in [1.82, 2.24) is 4.98 Å². The lowest BCUT2D eigenvalue weighted by Gasteiger charge is -2.04. The molecule has 2 aromatic rings. The number of amides is 1. The molecule has 4 nitrogen and oxygen atoms in total. The van der Waals surface area contributed by atoms with Gasteiger partial charge in [0.25, 0.3) is 0 Å². The molecule has 1 aromatic carbocycles. The number of rotatable bonds is 5. The number of nitrogens with two attached hydrogens (primary N) is 1. The lowest BCUT2D eigenvalue weighted by molar-refractivity contribution is 0.100. The number of hydrogen-bond donors (Lipinski definition) is 1. The highest BCUT2D eigenvalue weighted by Crippen LogP contribution is 2.16. The maximum atomic E-state index is 10.9. The van der Waals surface area contributed by atoms with Gasteiger partial charge in [0.15, 0.2) is 0 Å². The van der Waals surface area contributed by atoms with E-state index >= 15 is 0 Å². The summed E-state index contributed by atoms with van der Waals surface area (Å²) in [6, 6.07) is 6.67. The highest BCUT2D eigenvalue weighted by molar-refractivity contribution is 7.09. The molecule has 0 bridgehead atoms. The third-order valence-corrected chi connectivity index (χ3v) is 3.38. The molecule has 1 aromatic heterocycles. The summed E-state index contributed by atoms with van der Waals surface area (Å²) >= 11 is 7.17. The molecule has 1 heterocycles. The van der Waals surface area contributed by atoms with Gasteiger partial charge in [0.2, 0.25) is 5.91 Å². The van der Waals surface area contributed by atoms with E-state index in [1.54, 1.807) is 24.3 Å². The molecule has 18 heavy (non-hydrogen) atoms. The lowest BCUT2D eigenvalue weighted by Crippen LogP contribution is -2.10. The monoisotopic (exact) mass is 282 g/mol. The summed E-state index contributed by atoms with van der Waals surface area (Å²) in [4.78, 5) is 15.2. The van der Waals surface area contributed by atoms with Crippen molar-refractivity contribution >= 4 is 28.8 Å². The zero-order chi connectivity index (χ0) is 13.0. The van der Waals surface area contributed by atoms with Crippen molar-refractivity contribution in [3.63, 3.8) is 0 Å². The van der Waals surface area contributed by atoms with Crippen LogP contribution in [0.2, 0.25) is 0 Å². The van der Waals surface area contributed by atoms with Crippen LogP contribution in [0, 0.1) is 0 Å². The van der Waals surface area contributed by atoms with E-state index in [1.165, 1.54) is 11.3 Å². The Hall–Kier alpha value is -1.59. The van der Waals surface area contributed by atoms with Gasteiger partial charge in [-0.05, 0) is 24.3 Å². The summed E-state index contributed by atoms with van der Waals surface area (Å²) in [5.41, 5.74) is 6.46. The van der Waals surface area contributed by atoms with E-state index in [0.717, 1.165) is 10.7 Å². The third-order valence-electron chi connectivity index (χ3n) is 2.24. The Bertz CT molecular complexity index is 539. The average molecular weight is 283 g/mol. The van der Waals surface area contributed by atoms with E-state index in [1.807, 2.05) is 5.38 Å². The molecule has 0 fully saturated rings. The van der Waals surface area contributed by atoms with Crippen molar-refractivity contribution < 1.29 is 9.53 Å². The Labute approximate surface area is 113 Å². The molecule has 0 radical (unpaired) electrons. The van der Waals surface area contributed by atoms with Crippen LogP contribution in [0.5, 0.6) is 5.75 Å². The Kier molecular flexibility index (Phi) is 4.17. The molecule has 0 saturated heterocycles. The number of nitrogens with zero attached hydrogens (tertiary/aromatic N) is 1. The number of aromatic nitrogens is 1. The summed E-state index contributed by atoms with van der Waals surface area (Å²) < 4.78 is 5.54. The average Bonchev–Trinajstić information content (AvgIpc) is 2.85. The lowest BCUT2D eigenvalue weighted by atomic mass is 10.2. The molecular weight excluding hydrogens is 272 g/mol. The first-order chi connectivity index (χ1) is 8.69. The molecule has 0 saturated carbocycles. The van der Waals surface area contributed by atoms with Crippen LogP contribution in [0.1, 0.15) is 21.1 Å². The van der Waals surface area contributed by atoms with Gasteiger partial charge in [-0.25, -0.2) is 4.98 Å². The van der Waals surface area contributed by atoms with E-state index in [2.05, 4.69) is 4.98 Å². The molecule has 0 aliphatic carbocycles. The van der Waals surface area contributed by atoms with Crippen LogP contribution in [0.25, 0.3) is 0 Å². The molecule has 2 rings (SSSR count). The van der Waals surface area contributed by atoms with Crippen molar-refractivity contribution in [3.05, 3.63) is 45.9 Å². The molecule has 0 aliphatic rings. The van der Waals surface area contributed by atoms with E-state index in [9.17, 15) is 4.79 Å². The van der Waals surface area contributed by atoms with Gasteiger partial charge in [-0.15, -0.1) is 22.9 Å². The maximum absolute atomic E-state index is 10.9. The molecule has 0 unspecified atom stereocenters.